The van der Waals surface area contributed by atoms with Gasteiger partial charge in [0.15, 0.2) is 0 Å². The Balaban J connectivity index is 2.24. The fraction of sp³-hybridized carbons (Fsp3) is 0.767. The first-order chi connectivity index (χ1) is 17.2. The number of carbonyl (C=O) groups excluding carboxylic acids is 3. The van der Waals surface area contributed by atoms with Crippen molar-refractivity contribution in [2.24, 2.45) is 28.6 Å². The van der Waals surface area contributed by atoms with Crippen LogP contribution in [0.4, 0.5) is 0 Å². The van der Waals surface area contributed by atoms with Crippen LogP contribution in [-0.4, -0.2) is 49.4 Å². The van der Waals surface area contributed by atoms with Crippen LogP contribution >= 0.6 is 0 Å². The molecule has 3 aliphatic carbocycles. The Bertz CT molecular complexity index is 963. The molecule has 0 amide bonds. The zero-order valence-corrected chi connectivity index (χ0v) is 24.1. The van der Waals surface area contributed by atoms with Crippen LogP contribution in [-0.2, 0) is 33.3 Å². The van der Waals surface area contributed by atoms with E-state index < -0.39 is 29.7 Å². The monoisotopic (exact) mass is 518 g/mol. The molecule has 3 aliphatic rings. The molecule has 0 aliphatic heterocycles. The zero-order valence-electron chi connectivity index (χ0n) is 24.1. The van der Waals surface area contributed by atoms with E-state index in [9.17, 15) is 14.4 Å². The van der Waals surface area contributed by atoms with Gasteiger partial charge in [-0.2, -0.15) is 0 Å². The van der Waals surface area contributed by atoms with Gasteiger partial charge in [-0.3, -0.25) is 14.4 Å². The Hall–Kier alpha value is -2.15. The zero-order chi connectivity index (χ0) is 27.9. The predicted octanol–water partition coefficient (Wildman–Crippen LogP) is 5.56. The smallest absolute Gasteiger partial charge is 0.308 e. The van der Waals surface area contributed by atoms with Crippen molar-refractivity contribution in [1.82, 2.24) is 0 Å². The molecule has 7 heteroatoms. The molecular weight excluding hydrogens is 472 g/mol. The van der Waals surface area contributed by atoms with E-state index in [2.05, 4.69) is 34.3 Å². The topological polar surface area (TPSA) is 88.1 Å². The summed E-state index contributed by atoms with van der Waals surface area (Å²) in [6.07, 6.45) is 1.65. The molecule has 0 saturated heterocycles. The molecule has 2 saturated carbocycles. The van der Waals surface area contributed by atoms with Gasteiger partial charge >= 0.3 is 17.9 Å². The molecular formula is C30H46O7. The molecule has 8 atom stereocenters. The number of rotatable bonds is 6. The van der Waals surface area contributed by atoms with Crippen molar-refractivity contribution in [3.63, 3.8) is 0 Å². The second-order valence-electron chi connectivity index (χ2n) is 12.3. The van der Waals surface area contributed by atoms with Gasteiger partial charge in [0.05, 0.1) is 12.0 Å². The molecule has 0 aromatic rings. The van der Waals surface area contributed by atoms with Crippen molar-refractivity contribution in [2.75, 3.05) is 7.11 Å². The Labute approximate surface area is 222 Å². The highest BCUT2D eigenvalue weighted by Gasteiger charge is 2.61. The van der Waals surface area contributed by atoms with E-state index in [1.165, 1.54) is 19.4 Å². The van der Waals surface area contributed by atoms with Gasteiger partial charge < -0.3 is 18.9 Å². The average Bonchev–Trinajstić information content (AvgIpc) is 2.77. The average molecular weight is 519 g/mol. The van der Waals surface area contributed by atoms with Crippen LogP contribution in [0.3, 0.4) is 0 Å². The minimum atomic E-state index is -0.612. The van der Waals surface area contributed by atoms with Crippen molar-refractivity contribution < 1.29 is 33.3 Å². The van der Waals surface area contributed by atoms with Gasteiger partial charge in [0, 0.05) is 39.2 Å². The predicted molar refractivity (Wildman–Crippen MR) is 140 cm³/mol. The summed E-state index contributed by atoms with van der Waals surface area (Å²) in [6, 6.07) is 0. The van der Waals surface area contributed by atoms with Gasteiger partial charge in [0.1, 0.15) is 18.3 Å². The van der Waals surface area contributed by atoms with Crippen molar-refractivity contribution in [3.05, 3.63) is 23.3 Å². The Morgan fingerprint density at radius 1 is 1.05 bits per heavy atom. The summed E-state index contributed by atoms with van der Waals surface area (Å²) in [7, 11) is 1.74. The highest BCUT2D eigenvalue weighted by Crippen LogP contribution is 2.60. The highest BCUT2D eigenvalue weighted by molar-refractivity contribution is 5.72. The van der Waals surface area contributed by atoms with Gasteiger partial charge in [-0.15, -0.1) is 0 Å². The summed E-state index contributed by atoms with van der Waals surface area (Å²) in [4.78, 5) is 37.6. The lowest BCUT2D eigenvalue weighted by Crippen LogP contribution is -2.60. The molecule has 208 valence electrons. The Kier molecular flexibility index (Phi) is 8.67. The lowest BCUT2D eigenvalue weighted by Gasteiger charge is -2.59. The summed E-state index contributed by atoms with van der Waals surface area (Å²) in [5.41, 5.74) is 2.27. The maximum Gasteiger partial charge on any atom is 0.308 e. The van der Waals surface area contributed by atoms with Gasteiger partial charge in [-0.25, -0.2) is 0 Å². The lowest BCUT2D eigenvalue weighted by molar-refractivity contribution is -0.187. The van der Waals surface area contributed by atoms with E-state index >= 15 is 0 Å². The summed E-state index contributed by atoms with van der Waals surface area (Å²) in [5.74, 6) is -1.87. The van der Waals surface area contributed by atoms with Gasteiger partial charge in [0.2, 0.25) is 0 Å². The summed E-state index contributed by atoms with van der Waals surface area (Å²) in [5, 5.41) is 0. The summed E-state index contributed by atoms with van der Waals surface area (Å²) >= 11 is 0. The minimum absolute atomic E-state index is 0.146. The van der Waals surface area contributed by atoms with Crippen LogP contribution in [0.1, 0.15) is 87.5 Å². The van der Waals surface area contributed by atoms with E-state index in [-0.39, 0.29) is 41.2 Å². The van der Waals surface area contributed by atoms with Gasteiger partial charge in [-0.05, 0) is 54.6 Å². The number of fused-ring (bicyclic) bond motifs is 3. The summed E-state index contributed by atoms with van der Waals surface area (Å²) < 4.78 is 24.3. The van der Waals surface area contributed by atoms with Gasteiger partial charge in [-0.1, -0.05) is 46.8 Å². The minimum Gasteiger partial charge on any atom is -0.461 e. The standard InChI is InChI=1S/C30H46O7/c1-11-16(2)28(33)37-22-14-17(3)24-23(34-10)15-30(9)13-12-21(35-19(5)31)18(4)25(30)27(36-20(6)32)26(22)29(24,7)8/h16,21-23,25-27H,4,11-15H2,1-3,5-10H3/t16-,21+,22+,23+,25+,26+,27+,30+/m1/s1. The van der Waals surface area contributed by atoms with Crippen LogP contribution < -0.4 is 0 Å². The third kappa shape index (κ3) is 5.52. The van der Waals surface area contributed by atoms with Crippen molar-refractivity contribution in [1.29, 1.82) is 0 Å². The molecule has 0 aromatic carbocycles. The van der Waals surface area contributed by atoms with E-state index in [0.717, 1.165) is 24.0 Å². The quantitative estimate of drug-likeness (QED) is 0.258. The second kappa shape index (κ2) is 10.9. The van der Waals surface area contributed by atoms with Crippen molar-refractivity contribution >= 4 is 17.9 Å². The molecule has 3 rings (SSSR count). The largest absolute Gasteiger partial charge is 0.461 e. The number of esters is 3. The molecule has 0 spiro atoms. The van der Waals surface area contributed by atoms with E-state index in [0.29, 0.717) is 19.3 Å². The number of hydrogen-bond acceptors (Lipinski definition) is 7. The number of hydrogen-bond donors (Lipinski definition) is 0. The molecule has 37 heavy (non-hydrogen) atoms. The lowest BCUT2D eigenvalue weighted by atomic mass is 9.50. The van der Waals surface area contributed by atoms with Crippen LogP contribution in [0, 0.1) is 28.6 Å². The van der Waals surface area contributed by atoms with E-state index in [1.807, 2.05) is 13.8 Å². The molecule has 2 fully saturated rings. The van der Waals surface area contributed by atoms with Gasteiger partial charge in [0.25, 0.3) is 0 Å². The molecule has 0 heterocycles. The SMILES string of the molecule is C=C1[C@@H](OC(C)=O)CC[C@@]2(C)C[C@H](OC)C3=C(C)C[C@H](OC(=O)[C@H](C)CC)[C@@H]([C@@H](OC(C)=O)[C@H]12)C3(C)C. The molecule has 0 N–H and O–H groups in total. The maximum atomic E-state index is 13.1. The number of carbonyl (C=O) groups is 3. The van der Waals surface area contributed by atoms with Crippen LogP contribution in [0.15, 0.2) is 23.3 Å². The number of methoxy groups -OCH3 is 1. The van der Waals surface area contributed by atoms with E-state index in [1.54, 1.807) is 7.11 Å². The number of ether oxygens (including phenoxy) is 4. The summed E-state index contributed by atoms with van der Waals surface area (Å²) in [6.45, 7) is 19.7. The molecule has 0 unspecified atom stereocenters. The van der Waals surface area contributed by atoms with Crippen molar-refractivity contribution in [3.8, 4) is 0 Å². The molecule has 0 radical (unpaired) electrons. The fourth-order valence-corrected chi connectivity index (χ4v) is 7.48. The first-order valence-electron chi connectivity index (χ1n) is 13.6. The fourth-order valence-electron chi connectivity index (χ4n) is 7.48. The first kappa shape index (κ1) is 29.4. The van der Waals surface area contributed by atoms with Crippen LogP contribution in [0.25, 0.3) is 0 Å². The van der Waals surface area contributed by atoms with Crippen molar-refractivity contribution in [2.45, 2.75) is 112 Å². The maximum absolute atomic E-state index is 13.1. The Morgan fingerprint density at radius 3 is 2.22 bits per heavy atom. The first-order valence-corrected chi connectivity index (χ1v) is 13.6. The molecule has 2 bridgehead atoms. The highest BCUT2D eigenvalue weighted by atomic mass is 16.6. The normalized spacial score (nSPS) is 36.0. The molecule has 0 aromatic heterocycles. The second-order valence-corrected chi connectivity index (χ2v) is 12.3. The van der Waals surface area contributed by atoms with Crippen LogP contribution in [0.5, 0.6) is 0 Å². The Morgan fingerprint density at radius 2 is 1.68 bits per heavy atom. The van der Waals surface area contributed by atoms with Crippen LogP contribution in [0.2, 0.25) is 0 Å². The third-order valence-electron chi connectivity index (χ3n) is 9.27. The van der Waals surface area contributed by atoms with E-state index in [4.69, 9.17) is 18.9 Å². The molecule has 7 nitrogen and oxygen atoms in total. The third-order valence-corrected chi connectivity index (χ3v) is 9.27.